The van der Waals surface area contributed by atoms with Crippen LogP contribution < -0.4 is 10.1 Å². The zero-order chi connectivity index (χ0) is 22.4. The molecule has 0 aliphatic heterocycles. The van der Waals surface area contributed by atoms with Gasteiger partial charge in [0.15, 0.2) is 17.1 Å². The molecule has 0 bridgehead atoms. The van der Waals surface area contributed by atoms with Gasteiger partial charge in [-0.25, -0.2) is 0 Å². The van der Waals surface area contributed by atoms with E-state index in [0.717, 1.165) is 33.3 Å². The molecule has 0 saturated heterocycles. The minimum absolute atomic E-state index is 0.0440. The third-order valence-electron chi connectivity index (χ3n) is 4.81. The molecule has 1 heterocycles. The lowest BCUT2D eigenvalue weighted by Crippen LogP contribution is -2.24. The van der Waals surface area contributed by atoms with Crippen LogP contribution in [0, 0.1) is 13.8 Å². The first-order valence-corrected chi connectivity index (χ1v) is 11.5. The van der Waals surface area contributed by atoms with Crippen molar-refractivity contribution in [2.24, 2.45) is 0 Å². The molecule has 3 rings (SSSR count). The Balaban J connectivity index is 1.61. The lowest BCUT2D eigenvalue weighted by atomic mass is 10.1. The molecule has 0 aliphatic carbocycles. The number of hydrogen-bond acceptors (Lipinski definition) is 5. The van der Waals surface area contributed by atoms with Gasteiger partial charge in [0, 0.05) is 18.1 Å². The van der Waals surface area contributed by atoms with Crippen molar-refractivity contribution in [3.05, 3.63) is 70.0 Å². The zero-order valence-electron chi connectivity index (χ0n) is 18.2. The normalized spacial score (nSPS) is 11.9. The molecule has 31 heavy (non-hydrogen) atoms. The first-order valence-electron chi connectivity index (χ1n) is 10.2. The van der Waals surface area contributed by atoms with Crippen molar-refractivity contribution in [1.29, 1.82) is 0 Å². The standard InChI is InChI=1S/C23H27ClN4O2S/c1-5-28-22(17(4)30-19-11-15(2)21(24)16(3)12-19)26-27-23(28)31-14-20(29)25-13-18-9-7-6-8-10-18/h6-12,17H,5,13-14H2,1-4H3,(H,25,29). The average molecular weight is 459 g/mol. The summed E-state index contributed by atoms with van der Waals surface area (Å²) in [4.78, 5) is 12.2. The van der Waals surface area contributed by atoms with Crippen LogP contribution in [0.1, 0.15) is 42.5 Å². The quantitative estimate of drug-likeness (QED) is 0.451. The Labute approximate surface area is 192 Å². The van der Waals surface area contributed by atoms with E-state index >= 15 is 0 Å². The molecule has 0 fully saturated rings. The Bertz CT molecular complexity index is 1020. The Morgan fingerprint density at radius 1 is 1.19 bits per heavy atom. The van der Waals surface area contributed by atoms with Crippen molar-refractivity contribution in [3.8, 4) is 5.75 Å². The predicted octanol–water partition coefficient (Wildman–Crippen LogP) is 5.12. The molecule has 1 amide bonds. The molecule has 164 valence electrons. The van der Waals surface area contributed by atoms with Crippen molar-refractivity contribution in [3.63, 3.8) is 0 Å². The summed E-state index contributed by atoms with van der Waals surface area (Å²) < 4.78 is 8.10. The summed E-state index contributed by atoms with van der Waals surface area (Å²) in [6.45, 7) is 9.07. The maximum Gasteiger partial charge on any atom is 0.230 e. The molecule has 1 atom stereocenters. The van der Waals surface area contributed by atoms with Crippen LogP contribution in [0.5, 0.6) is 5.75 Å². The fourth-order valence-corrected chi connectivity index (χ4v) is 4.16. The van der Waals surface area contributed by atoms with Crippen molar-refractivity contribution in [1.82, 2.24) is 20.1 Å². The number of halogens is 1. The Kier molecular flexibility index (Phi) is 7.98. The summed E-state index contributed by atoms with van der Waals surface area (Å²) in [5.41, 5.74) is 3.01. The van der Waals surface area contributed by atoms with E-state index in [9.17, 15) is 4.79 Å². The highest BCUT2D eigenvalue weighted by Gasteiger charge is 2.20. The largest absolute Gasteiger partial charge is 0.483 e. The number of nitrogens with zero attached hydrogens (tertiary/aromatic N) is 3. The smallest absolute Gasteiger partial charge is 0.230 e. The van der Waals surface area contributed by atoms with E-state index in [2.05, 4.69) is 15.5 Å². The molecule has 0 aliphatic rings. The number of carbonyl (C=O) groups excluding carboxylic acids is 1. The molecule has 6 nitrogen and oxygen atoms in total. The Morgan fingerprint density at radius 3 is 2.52 bits per heavy atom. The van der Waals surface area contributed by atoms with E-state index in [1.807, 2.05) is 74.7 Å². The van der Waals surface area contributed by atoms with Gasteiger partial charge in [-0.05, 0) is 56.5 Å². The van der Waals surface area contributed by atoms with Gasteiger partial charge in [-0.3, -0.25) is 4.79 Å². The highest BCUT2D eigenvalue weighted by atomic mass is 35.5. The van der Waals surface area contributed by atoms with Crippen LogP contribution >= 0.6 is 23.4 Å². The molecule has 0 radical (unpaired) electrons. The number of aryl methyl sites for hydroxylation is 2. The predicted molar refractivity (Wildman–Crippen MR) is 125 cm³/mol. The van der Waals surface area contributed by atoms with Gasteiger partial charge in [-0.15, -0.1) is 10.2 Å². The third kappa shape index (κ3) is 6.02. The lowest BCUT2D eigenvalue weighted by molar-refractivity contribution is -0.118. The number of hydrogen-bond donors (Lipinski definition) is 1. The molecule has 2 aromatic carbocycles. The fraction of sp³-hybridized carbons (Fsp3) is 0.348. The Morgan fingerprint density at radius 2 is 1.87 bits per heavy atom. The lowest BCUT2D eigenvalue weighted by Gasteiger charge is -2.17. The van der Waals surface area contributed by atoms with Gasteiger partial charge in [0.1, 0.15) is 5.75 Å². The minimum Gasteiger partial charge on any atom is -0.483 e. The van der Waals surface area contributed by atoms with Crippen LogP contribution in [0.4, 0.5) is 0 Å². The molecule has 1 N–H and O–H groups in total. The van der Waals surface area contributed by atoms with E-state index in [-0.39, 0.29) is 17.8 Å². The van der Waals surface area contributed by atoms with E-state index in [1.54, 1.807) is 0 Å². The Hall–Kier alpha value is -2.51. The van der Waals surface area contributed by atoms with Gasteiger partial charge in [-0.2, -0.15) is 0 Å². The summed E-state index contributed by atoms with van der Waals surface area (Å²) >= 11 is 7.62. The van der Waals surface area contributed by atoms with Crippen LogP contribution in [-0.4, -0.2) is 26.4 Å². The molecule has 3 aromatic rings. The van der Waals surface area contributed by atoms with Crippen molar-refractivity contribution in [2.75, 3.05) is 5.75 Å². The summed E-state index contributed by atoms with van der Waals surface area (Å²) in [7, 11) is 0. The third-order valence-corrected chi connectivity index (χ3v) is 6.38. The zero-order valence-corrected chi connectivity index (χ0v) is 19.8. The minimum atomic E-state index is -0.298. The monoisotopic (exact) mass is 458 g/mol. The fourth-order valence-electron chi connectivity index (χ4n) is 3.21. The van der Waals surface area contributed by atoms with E-state index < -0.39 is 0 Å². The van der Waals surface area contributed by atoms with Gasteiger partial charge in [0.25, 0.3) is 0 Å². The van der Waals surface area contributed by atoms with Crippen LogP contribution in [0.15, 0.2) is 47.6 Å². The van der Waals surface area contributed by atoms with Crippen molar-refractivity contribution in [2.45, 2.75) is 52.0 Å². The second-order valence-corrected chi connectivity index (χ2v) is 8.59. The maximum absolute atomic E-state index is 12.2. The number of thioether (sulfide) groups is 1. The first kappa shape index (κ1) is 23.2. The highest BCUT2D eigenvalue weighted by molar-refractivity contribution is 7.99. The average Bonchev–Trinajstić information content (AvgIpc) is 3.18. The van der Waals surface area contributed by atoms with Gasteiger partial charge in [0.05, 0.1) is 5.75 Å². The molecule has 0 saturated carbocycles. The van der Waals surface area contributed by atoms with Crippen LogP contribution in [0.2, 0.25) is 5.02 Å². The number of carbonyl (C=O) groups is 1. The SMILES string of the molecule is CCn1c(SCC(=O)NCc2ccccc2)nnc1C(C)Oc1cc(C)c(Cl)c(C)c1. The molecular weight excluding hydrogens is 432 g/mol. The number of amides is 1. The molecule has 1 aromatic heterocycles. The topological polar surface area (TPSA) is 69.0 Å². The molecular formula is C23H27ClN4O2S. The number of nitrogens with one attached hydrogen (secondary N) is 1. The van der Waals surface area contributed by atoms with Crippen LogP contribution in [0.25, 0.3) is 0 Å². The molecule has 0 spiro atoms. The summed E-state index contributed by atoms with van der Waals surface area (Å²) in [6.07, 6.45) is -0.298. The number of rotatable bonds is 9. The van der Waals surface area contributed by atoms with E-state index in [1.165, 1.54) is 11.8 Å². The summed E-state index contributed by atoms with van der Waals surface area (Å²) in [5.74, 6) is 1.69. The van der Waals surface area contributed by atoms with Crippen molar-refractivity contribution >= 4 is 29.3 Å². The van der Waals surface area contributed by atoms with Crippen LogP contribution in [0.3, 0.4) is 0 Å². The van der Waals surface area contributed by atoms with Gasteiger partial charge in [0.2, 0.25) is 5.91 Å². The highest BCUT2D eigenvalue weighted by Crippen LogP contribution is 2.29. The second kappa shape index (κ2) is 10.7. The molecule has 1 unspecified atom stereocenters. The number of ether oxygens (including phenoxy) is 1. The van der Waals surface area contributed by atoms with E-state index in [0.29, 0.717) is 18.2 Å². The first-order chi connectivity index (χ1) is 14.9. The van der Waals surface area contributed by atoms with Gasteiger partial charge >= 0.3 is 0 Å². The van der Waals surface area contributed by atoms with Gasteiger partial charge < -0.3 is 14.6 Å². The summed E-state index contributed by atoms with van der Waals surface area (Å²) in [6, 6.07) is 13.7. The van der Waals surface area contributed by atoms with Crippen molar-refractivity contribution < 1.29 is 9.53 Å². The van der Waals surface area contributed by atoms with Crippen LogP contribution in [-0.2, 0) is 17.9 Å². The molecule has 8 heteroatoms. The second-order valence-electron chi connectivity index (χ2n) is 7.27. The van der Waals surface area contributed by atoms with Gasteiger partial charge in [-0.1, -0.05) is 53.7 Å². The number of aromatic nitrogens is 3. The number of benzene rings is 2. The maximum atomic E-state index is 12.2. The van der Waals surface area contributed by atoms with E-state index in [4.69, 9.17) is 16.3 Å². The summed E-state index contributed by atoms with van der Waals surface area (Å²) in [5, 5.41) is 13.0.